The van der Waals surface area contributed by atoms with Crippen LogP contribution in [0.5, 0.6) is 5.88 Å². The Hall–Kier alpha value is -4.58. The van der Waals surface area contributed by atoms with Crippen LogP contribution in [0.1, 0.15) is 73.4 Å². The zero-order valence-electron chi connectivity index (χ0n) is 29.3. The lowest BCUT2D eigenvalue weighted by Crippen LogP contribution is -2.44. The minimum absolute atomic E-state index is 0.0765. The number of rotatable bonds is 6. The molecule has 11 nitrogen and oxygen atoms in total. The van der Waals surface area contributed by atoms with Gasteiger partial charge in [-0.3, -0.25) is 4.79 Å². The molecule has 0 unspecified atom stereocenters. The Morgan fingerprint density at radius 1 is 1.02 bits per heavy atom. The summed E-state index contributed by atoms with van der Waals surface area (Å²) in [6.07, 6.45) is 5.35. The van der Waals surface area contributed by atoms with Gasteiger partial charge in [-0.25, -0.2) is 28.1 Å². The molecule has 1 fully saturated rings. The van der Waals surface area contributed by atoms with E-state index in [1.165, 1.54) is 12.1 Å². The predicted molar refractivity (Wildman–Crippen MR) is 190 cm³/mol. The summed E-state index contributed by atoms with van der Waals surface area (Å²) in [5.41, 5.74) is 5.51. The standard InChI is InChI=1S/C37H45N7O4S/c1-23(2)16-28-21-48-34-26(5)33(32-24(3)10-8-11-25(32)4)40-36(41-34)42-49(46,47)30-13-9-12-27(17-30)35(45)44(28)20-31-38-18-29(19-39-31)43-15-14-37(6,7)22-43/h8-13,17-19,23,28H,14-16,20-22H2,1-7H3,(H,40,41,42)/t28-/m1/s1. The van der Waals surface area contributed by atoms with E-state index in [0.717, 1.165) is 41.9 Å². The van der Waals surface area contributed by atoms with E-state index in [9.17, 15) is 13.2 Å². The number of carbonyl (C=O) groups is 1. The fourth-order valence-corrected chi connectivity index (χ4v) is 7.69. The van der Waals surface area contributed by atoms with E-state index in [0.29, 0.717) is 23.5 Å². The summed E-state index contributed by atoms with van der Waals surface area (Å²) < 4.78 is 36.5. The monoisotopic (exact) mass is 683 g/mol. The van der Waals surface area contributed by atoms with Crippen LogP contribution in [0.25, 0.3) is 11.3 Å². The minimum Gasteiger partial charge on any atom is -0.475 e. The predicted octanol–water partition coefficient (Wildman–Crippen LogP) is 6.35. The Bertz CT molecular complexity index is 1960. The zero-order chi connectivity index (χ0) is 35.1. The van der Waals surface area contributed by atoms with Crippen molar-refractivity contribution in [3.63, 3.8) is 0 Å². The Morgan fingerprint density at radius 2 is 1.71 bits per heavy atom. The molecule has 6 rings (SSSR count). The molecule has 1 atom stereocenters. The number of hydrogen-bond donors (Lipinski definition) is 1. The highest BCUT2D eigenvalue weighted by Gasteiger charge is 2.32. The number of anilines is 2. The van der Waals surface area contributed by atoms with Gasteiger partial charge in [-0.05, 0) is 74.3 Å². The van der Waals surface area contributed by atoms with Gasteiger partial charge in [0.05, 0.1) is 41.3 Å². The van der Waals surface area contributed by atoms with Crippen molar-refractivity contribution in [3.8, 4) is 17.1 Å². The number of hydrogen-bond acceptors (Lipinski definition) is 9. The van der Waals surface area contributed by atoms with Crippen LogP contribution in [-0.2, 0) is 16.6 Å². The molecule has 0 radical (unpaired) electrons. The second-order valence-electron chi connectivity index (χ2n) is 14.4. The smallest absolute Gasteiger partial charge is 0.264 e. The summed E-state index contributed by atoms with van der Waals surface area (Å²) in [7, 11) is -4.18. The first-order chi connectivity index (χ1) is 23.2. The van der Waals surface area contributed by atoms with Crippen molar-refractivity contribution in [1.29, 1.82) is 0 Å². The maximum atomic E-state index is 14.4. The van der Waals surface area contributed by atoms with Crippen molar-refractivity contribution in [2.45, 2.75) is 78.8 Å². The van der Waals surface area contributed by atoms with Gasteiger partial charge in [-0.15, -0.1) is 0 Å². The van der Waals surface area contributed by atoms with E-state index < -0.39 is 16.1 Å². The van der Waals surface area contributed by atoms with Gasteiger partial charge in [0.25, 0.3) is 15.9 Å². The lowest BCUT2D eigenvalue weighted by atomic mass is 9.93. The van der Waals surface area contributed by atoms with Crippen molar-refractivity contribution < 1.29 is 17.9 Å². The Labute approximate surface area is 289 Å². The summed E-state index contributed by atoms with van der Waals surface area (Å²) in [6, 6.07) is 11.6. The highest BCUT2D eigenvalue weighted by atomic mass is 32.2. The Balaban J connectivity index is 1.43. The van der Waals surface area contributed by atoms with Crippen molar-refractivity contribution in [3.05, 3.63) is 82.9 Å². The molecule has 0 saturated carbocycles. The molecule has 1 amide bonds. The Morgan fingerprint density at radius 3 is 2.37 bits per heavy atom. The first kappa shape index (κ1) is 34.3. The van der Waals surface area contributed by atoms with Gasteiger partial charge in [0, 0.05) is 29.8 Å². The molecule has 0 aliphatic carbocycles. The van der Waals surface area contributed by atoms with Crippen LogP contribution in [0.2, 0.25) is 0 Å². The molecule has 12 heteroatoms. The summed E-state index contributed by atoms with van der Waals surface area (Å²) >= 11 is 0. The number of carbonyl (C=O) groups excluding carboxylic acids is 1. The molecule has 1 N–H and O–H groups in total. The second kappa shape index (κ2) is 13.4. The SMILES string of the molecule is Cc1cccc(C)c1-c1nc2nc(c1C)OC[C@@H](CC(C)C)N(Cc1ncc(N3CCC(C)(C)C3)cn1)C(=O)c1cccc(c1)S(=O)(=O)N2. The minimum atomic E-state index is -4.18. The van der Waals surface area contributed by atoms with Crippen LogP contribution >= 0.6 is 0 Å². The maximum Gasteiger partial charge on any atom is 0.264 e. The topological polar surface area (TPSA) is 131 Å². The number of nitrogens with one attached hydrogen (secondary N) is 1. The number of sulfonamides is 1. The average molecular weight is 684 g/mol. The number of aryl methyl sites for hydroxylation is 2. The van der Waals surface area contributed by atoms with Gasteiger partial charge in [0.15, 0.2) is 0 Å². The van der Waals surface area contributed by atoms with E-state index >= 15 is 0 Å². The lowest BCUT2D eigenvalue weighted by molar-refractivity contribution is 0.0545. The fourth-order valence-electron chi connectivity index (χ4n) is 6.70. The van der Waals surface area contributed by atoms with Crippen molar-refractivity contribution in [2.24, 2.45) is 11.3 Å². The molecule has 4 aromatic rings. The number of fused-ring (bicyclic) bond motifs is 4. The zero-order valence-corrected chi connectivity index (χ0v) is 30.1. The van der Waals surface area contributed by atoms with Crippen LogP contribution in [-0.4, -0.2) is 64.9 Å². The quantitative estimate of drug-likeness (QED) is 0.247. The molecule has 49 heavy (non-hydrogen) atoms. The maximum absolute atomic E-state index is 14.4. The van der Waals surface area contributed by atoms with Gasteiger partial charge >= 0.3 is 0 Å². The van der Waals surface area contributed by atoms with Crippen LogP contribution in [0, 0.1) is 32.1 Å². The summed E-state index contributed by atoms with van der Waals surface area (Å²) in [4.78, 5) is 37.0. The number of nitrogens with zero attached hydrogens (tertiary/aromatic N) is 6. The van der Waals surface area contributed by atoms with E-state index in [-0.39, 0.29) is 52.7 Å². The Kier molecular flexibility index (Phi) is 9.36. The van der Waals surface area contributed by atoms with Gasteiger partial charge < -0.3 is 14.5 Å². The molecule has 4 bridgehead atoms. The molecule has 4 heterocycles. The average Bonchev–Trinajstić information content (AvgIpc) is 3.42. The molecular formula is C37H45N7O4S. The van der Waals surface area contributed by atoms with Gasteiger partial charge in [-0.1, -0.05) is 52.0 Å². The molecule has 2 aromatic carbocycles. The summed E-state index contributed by atoms with van der Waals surface area (Å²) in [5, 5.41) is 0. The van der Waals surface area contributed by atoms with E-state index in [2.05, 4.69) is 42.3 Å². The molecule has 2 aromatic heterocycles. The molecular weight excluding hydrogens is 639 g/mol. The number of ether oxygens (including phenoxy) is 1. The van der Waals surface area contributed by atoms with E-state index in [4.69, 9.17) is 19.7 Å². The summed E-state index contributed by atoms with van der Waals surface area (Å²) in [5.74, 6) is 0.483. The molecule has 2 aliphatic heterocycles. The van der Waals surface area contributed by atoms with Gasteiger partial charge in [0.2, 0.25) is 11.8 Å². The molecule has 258 valence electrons. The van der Waals surface area contributed by atoms with Crippen LogP contribution in [0.4, 0.5) is 11.6 Å². The fraction of sp³-hybridized carbons (Fsp3) is 0.432. The van der Waals surface area contributed by atoms with Crippen LogP contribution in [0.3, 0.4) is 0 Å². The third-order valence-electron chi connectivity index (χ3n) is 9.34. The number of aromatic nitrogens is 4. The van der Waals surface area contributed by atoms with Crippen molar-refractivity contribution >= 4 is 27.6 Å². The highest BCUT2D eigenvalue weighted by Crippen LogP contribution is 2.35. The third kappa shape index (κ3) is 7.39. The highest BCUT2D eigenvalue weighted by molar-refractivity contribution is 7.92. The molecule has 2 aliphatic rings. The third-order valence-corrected chi connectivity index (χ3v) is 10.7. The van der Waals surface area contributed by atoms with E-state index in [1.54, 1.807) is 17.0 Å². The second-order valence-corrected chi connectivity index (χ2v) is 16.1. The van der Waals surface area contributed by atoms with Crippen LogP contribution in [0.15, 0.2) is 59.8 Å². The van der Waals surface area contributed by atoms with E-state index in [1.807, 2.05) is 51.4 Å². The molecule has 1 saturated heterocycles. The van der Waals surface area contributed by atoms with Gasteiger partial charge in [-0.2, -0.15) is 4.98 Å². The number of amides is 1. The van der Waals surface area contributed by atoms with Crippen LogP contribution < -0.4 is 14.4 Å². The molecule has 0 spiro atoms. The summed E-state index contributed by atoms with van der Waals surface area (Å²) in [6.45, 7) is 16.7. The first-order valence-corrected chi connectivity index (χ1v) is 18.3. The lowest BCUT2D eigenvalue weighted by Gasteiger charge is -2.33. The van der Waals surface area contributed by atoms with Crippen molar-refractivity contribution in [1.82, 2.24) is 24.8 Å². The largest absolute Gasteiger partial charge is 0.475 e. The number of benzene rings is 2. The first-order valence-electron chi connectivity index (χ1n) is 16.8. The normalized spacial score (nSPS) is 18.7. The van der Waals surface area contributed by atoms with Crippen molar-refractivity contribution in [2.75, 3.05) is 29.3 Å². The van der Waals surface area contributed by atoms with Gasteiger partial charge in [0.1, 0.15) is 12.4 Å².